The second kappa shape index (κ2) is 4.74. The smallest absolute Gasteiger partial charge is 0.226 e. The molecule has 1 amide bonds. The van der Waals surface area contributed by atoms with Crippen molar-refractivity contribution in [3.05, 3.63) is 0 Å². The number of hydrogen-bond donors (Lipinski definition) is 1. The van der Waals surface area contributed by atoms with E-state index in [-0.39, 0.29) is 18.1 Å². The highest BCUT2D eigenvalue weighted by Gasteiger charge is 2.43. The molecule has 3 heteroatoms. The van der Waals surface area contributed by atoms with Crippen LogP contribution < -0.4 is 0 Å². The molecule has 2 rings (SSSR count). The number of hydrogen-bond acceptors (Lipinski definition) is 2. The molecular weight excluding hydrogens is 202 g/mol. The van der Waals surface area contributed by atoms with E-state index >= 15 is 0 Å². The molecule has 2 aliphatic rings. The van der Waals surface area contributed by atoms with E-state index in [1.807, 2.05) is 11.8 Å². The molecule has 4 atom stereocenters. The molecule has 0 radical (unpaired) electrons. The second-order valence-corrected chi connectivity index (χ2v) is 5.59. The van der Waals surface area contributed by atoms with Crippen LogP contribution in [0.4, 0.5) is 0 Å². The van der Waals surface area contributed by atoms with Gasteiger partial charge in [-0.3, -0.25) is 4.79 Å². The summed E-state index contributed by atoms with van der Waals surface area (Å²) < 4.78 is 0. The molecule has 1 aliphatic carbocycles. The predicted octanol–water partition coefficient (Wildman–Crippen LogP) is 1.79. The molecule has 1 N–H and O–H groups in total. The van der Waals surface area contributed by atoms with Crippen molar-refractivity contribution >= 4 is 5.91 Å². The van der Waals surface area contributed by atoms with E-state index in [1.165, 1.54) is 6.42 Å². The largest absolute Gasteiger partial charge is 0.393 e. The van der Waals surface area contributed by atoms with Crippen LogP contribution in [0.15, 0.2) is 0 Å². The van der Waals surface area contributed by atoms with Crippen molar-refractivity contribution in [2.45, 2.75) is 58.1 Å². The third-order valence-corrected chi connectivity index (χ3v) is 3.95. The van der Waals surface area contributed by atoms with Crippen LogP contribution in [0.2, 0.25) is 0 Å². The Morgan fingerprint density at radius 2 is 2.19 bits per heavy atom. The van der Waals surface area contributed by atoms with Crippen LogP contribution in [0.3, 0.4) is 0 Å². The number of amides is 1. The van der Waals surface area contributed by atoms with Gasteiger partial charge in [-0.25, -0.2) is 0 Å². The Morgan fingerprint density at radius 1 is 1.50 bits per heavy atom. The van der Waals surface area contributed by atoms with E-state index in [9.17, 15) is 9.90 Å². The molecule has 1 saturated heterocycles. The van der Waals surface area contributed by atoms with Gasteiger partial charge in [0.1, 0.15) is 0 Å². The Kier molecular flexibility index (Phi) is 3.53. The van der Waals surface area contributed by atoms with Crippen LogP contribution in [0, 0.1) is 11.8 Å². The summed E-state index contributed by atoms with van der Waals surface area (Å²) in [6, 6.07) is 0.286. The van der Waals surface area contributed by atoms with Crippen LogP contribution in [-0.4, -0.2) is 34.6 Å². The lowest BCUT2D eigenvalue weighted by atomic mass is 9.96. The Bertz CT molecular complexity index is 265. The summed E-state index contributed by atoms with van der Waals surface area (Å²) in [6.45, 7) is 4.87. The third kappa shape index (κ3) is 2.57. The molecule has 0 aromatic heterocycles. The van der Waals surface area contributed by atoms with Crippen molar-refractivity contribution in [3.8, 4) is 0 Å². The molecule has 4 unspecified atom stereocenters. The van der Waals surface area contributed by atoms with Gasteiger partial charge in [0, 0.05) is 18.5 Å². The van der Waals surface area contributed by atoms with E-state index in [0.29, 0.717) is 11.8 Å². The Labute approximate surface area is 97.8 Å². The molecule has 0 aromatic carbocycles. The van der Waals surface area contributed by atoms with Crippen molar-refractivity contribution in [2.75, 3.05) is 6.54 Å². The van der Waals surface area contributed by atoms with Crippen LogP contribution in [-0.2, 0) is 4.79 Å². The summed E-state index contributed by atoms with van der Waals surface area (Å²) in [5.74, 6) is 1.22. The fourth-order valence-electron chi connectivity index (χ4n) is 2.81. The number of rotatable bonds is 3. The van der Waals surface area contributed by atoms with E-state index in [1.54, 1.807) is 0 Å². The first-order valence-corrected chi connectivity index (χ1v) is 6.58. The topological polar surface area (TPSA) is 40.5 Å². The number of carbonyl (C=O) groups excluding carboxylic acids is 1. The van der Waals surface area contributed by atoms with Crippen molar-refractivity contribution in [3.63, 3.8) is 0 Å². The zero-order valence-electron chi connectivity index (χ0n) is 10.4. The monoisotopic (exact) mass is 225 g/mol. The van der Waals surface area contributed by atoms with E-state index in [4.69, 9.17) is 0 Å². The van der Waals surface area contributed by atoms with Crippen LogP contribution in [0.1, 0.15) is 46.0 Å². The molecule has 0 aromatic rings. The van der Waals surface area contributed by atoms with Gasteiger partial charge in [-0.05, 0) is 44.9 Å². The highest BCUT2D eigenvalue weighted by molar-refractivity contribution is 5.82. The van der Waals surface area contributed by atoms with Gasteiger partial charge in [0.15, 0.2) is 0 Å². The molecule has 16 heavy (non-hydrogen) atoms. The summed E-state index contributed by atoms with van der Waals surface area (Å²) in [5.41, 5.74) is 0. The Morgan fingerprint density at radius 3 is 2.75 bits per heavy atom. The van der Waals surface area contributed by atoms with Gasteiger partial charge in [-0.15, -0.1) is 0 Å². The number of carbonyl (C=O) groups is 1. The van der Waals surface area contributed by atoms with Crippen molar-refractivity contribution in [1.82, 2.24) is 4.90 Å². The summed E-state index contributed by atoms with van der Waals surface area (Å²) >= 11 is 0. The maximum Gasteiger partial charge on any atom is 0.226 e. The highest BCUT2D eigenvalue weighted by atomic mass is 16.3. The van der Waals surface area contributed by atoms with Gasteiger partial charge in [0.2, 0.25) is 5.91 Å². The first kappa shape index (κ1) is 11.9. The highest BCUT2D eigenvalue weighted by Crippen LogP contribution is 2.40. The van der Waals surface area contributed by atoms with Gasteiger partial charge >= 0.3 is 0 Å². The first-order valence-electron chi connectivity index (χ1n) is 6.58. The van der Waals surface area contributed by atoms with Gasteiger partial charge in [-0.2, -0.15) is 0 Å². The summed E-state index contributed by atoms with van der Waals surface area (Å²) in [5, 5.41) is 9.47. The molecule has 2 fully saturated rings. The Balaban J connectivity index is 1.95. The lowest BCUT2D eigenvalue weighted by Crippen LogP contribution is -2.45. The SMILES string of the molecule is CC(O)CC1CCCCN1C(=O)C1CC1C. The number of aliphatic hydroxyl groups excluding tert-OH is 1. The average Bonchev–Trinajstić information content (AvgIpc) is 2.94. The average molecular weight is 225 g/mol. The third-order valence-electron chi connectivity index (χ3n) is 3.95. The maximum absolute atomic E-state index is 12.2. The zero-order valence-corrected chi connectivity index (χ0v) is 10.4. The van der Waals surface area contributed by atoms with Gasteiger partial charge in [0.25, 0.3) is 0 Å². The van der Waals surface area contributed by atoms with Crippen molar-refractivity contribution in [1.29, 1.82) is 0 Å². The van der Waals surface area contributed by atoms with Gasteiger partial charge in [-0.1, -0.05) is 6.92 Å². The minimum absolute atomic E-state index is 0.286. The maximum atomic E-state index is 12.2. The van der Waals surface area contributed by atoms with Crippen LogP contribution in [0.25, 0.3) is 0 Å². The number of aliphatic hydroxyl groups is 1. The van der Waals surface area contributed by atoms with E-state index < -0.39 is 0 Å². The molecular formula is C13H23NO2. The van der Waals surface area contributed by atoms with E-state index in [0.717, 1.165) is 32.2 Å². The molecule has 92 valence electrons. The molecule has 3 nitrogen and oxygen atoms in total. The molecule has 1 aliphatic heterocycles. The summed E-state index contributed by atoms with van der Waals surface area (Å²) in [4.78, 5) is 14.3. The van der Waals surface area contributed by atoms with Crippen LogP contribution >= 0.6 is 0 Å². The zero-order chi connectivity index (χ0) is 11.7. The minimum Gasteiger partial charge on any atom is -0.393 e. The molecule has 1 heterocycles. The lowest BCUT2D eigenvalue weighted by molar-refractivity contribution is -0.137. The first-order chi connectivity index (χ1) is 7.59. The summed E-state index contributed by atoms with van der Waals surface area (Å²) in [7, 11) is 0. The fourth-order valence-corrected chi connectivity index (χ4v) is 2.81. The lowest BCUT2D eigenvalue weighted by Gasteiger charge is -2.36. The molecule has 0 spiro atoms. The fraction of sp³-hybridized carbons (Fsp3) is 0.923. The van der Waals surface area contributed by atoms with Crippen LogP contribution in [0.5, 0.6) is 0 Å². The number of likely N-dealkylation sites (tertiary alicyclic amines) is 1. The van der Waals surface area contributed by atoms with Crippen molar-refractivity contribution < 1.29 is 9.90 Å². The Hall–Kier alpha value is -0.570. The predicted molar refractivity (Wildman–Crippen MR) is 62.9 cm³/mol. The molecule has 0 bridgehead atoms. The van der Waals surface area contributed by atoms with Gasteiger partial charge in [0.05, 0.1) is 6.10 Å². The molecule has 1 saturated carbocycles. The standard InChI is InChI=1S/C13H23NO2/c1-9-7-12(9)13(16)14-6-4-3-5-11(14)8-10(2)15/h9-12,15H,3-8H2,1-2H3. The number of piperidine rings is 1. The summed E-state index contributed by atoms with van der Waals surface area (Å²) in [6.07, 6.45) is 4.90. The minimum atomic E-state index is -0.296. The van der Waals surface area contributed by atoms with Gasteiger partial charge < -0.3 is 10.0 Å². The quantitative estimate of drug-likeness (QED) is 0.795. The van der Waals surface area contributed by atoms with Crippen molar-refractivity contribution in [2.24, 2.45) is 11.8 Å². The second-order valence-electron chi connectivity index (χ2n) is 5.59. The normalized spacial score (nSPS) is 35.9. The number of nitrogens with zero attached hydrogens (tertiary/aromatic N) is 1. The van der Waals surface area contributed by atoms with E-state index in [2.05, 4.69) is 6.92 Å².